The number of nitriles is 1. The number of piperidine rings is 3. The second-order valence-electron chi connectivity index (χ2n) is 5.46. The standard InChI is InChI=1S/C16H18N2O/c17-9-8-16(19)14-6-10-18(11-7-14)15(16)12-13-4-2-1-3-5-13/h1-5,12,14,19H,6-8,10-11H2/b15-12-. The average Bonchev–Trinajstić information content (AvgIpc) is 2.45. The number of hydrogen-bond donors (Lipinski definition) is 1. The molecule has 1 N–H and O–H groups in total. The SMILES string of the molecule is N#CCC1(O)/C(=C/c2ccccc2)N2CCC1CC2. The summed E-state index contributed by atoms with van der Waals surface area (Å²) >= 11 is 0. The molecule has 19 heavy (non-hydrogen) atoms. The zero-order valence-electron chi connectivity index (χ0n) is 10.9. The first-order valence-corrected chi connectivity index (χ1v) is 6.85. The van der Waals surface area contributed by atoms with Crippen LogP contribution in [0.25, 0.3) is 6.08 Å². The Morgan fingerprint density at radius 3 is 2.63 bits per heavy atom. The summed E-state index contributed by atoms with van der Waals surface area (Å²) in [6, 6.07) is 12.2. The van der Waals surface area contributed by atoms with Crippen LogP contribution in [0.1, 0.15) is 24.8 Å². The largest absolute Gasteiger partial charge is 0.382 e. The van der Waals surface area contributed by atoms with E-state index in [2.05, 4.69) is 11.0 Å². The lowest BCUT2D eigenvalue weighted by Crippen LogP contribution is -2.56. The average molecular weight is 254 g/mol. The molecule has 1 unspecified atom stereocenters. The quantitative estimate of drug-likeness (QED) is 0.881. The van der Waals surface area contributed by atoms with Crippen LogP contribution in [0.4, 0.5) is 0 Å². The highest BCUT2D eigenvalue weighted by atomic mass is 16.3. The highest BCUT2D eigenvalue weighted by Gasteiger charge is 2.48. The van der Waals surface area contributed by atoms with E-state index in [1.807, 2.05) is 36.4 Å². The first-order chi connectivity index (χ1) is 9.24. The molecule has 0 saturated carbocycles. The molecular formula is C16H18N2O. The molecular weight excluding hydrogens is 236 g/mol. The Morgan fingerprint density at radius 1 is 1.32 bits per heavy atom. The monoisotopic (exact) mass is 254 g/mol. The van der Waals surface area contributed by atoms with Crippen molar-refractivity contribution in [3.63, 3.8) is 0 Å². The van der Waals surface area contributed by atoms with Gasteiger partial charge < -0.3 is 10.0 Å². The normalized spacial score (nSPS) is 31.5. The lowest BCUT2D eigenvalue weighted by atomic mass is 9.71. The Labute approximate surface area is 113 Å². The Morgan fingerprint density at radius 2 is 2.00 bits per heavy atom. The van der Waals surface area contributed by atoms with Crippen LogP contribution >= 0.6 is 0 Å². The summed E-state index contributed by atoms with van der Waals surface area (Å²) in [5, 5.41) is 20.0. The molecule has 3 nitrogen and oxygen atoms in total. The summed E-state index contributed by atoms with van der Waals surface area (Å²) in [5.41, 5.74) is 1.06. The van der Waals surface area contributed by atoms with Gasteiger partial charge in [0.25, 0.3) is 0 Å². The van der Waals surface area contributed by atoms with Crippen LogP contribution in [0, 0.1) is 17.2 Å². The first-order valence-electron chi connectivity index (χ1n) is 6.85. The van der Waals surface area contributed by atoms with Gasteiger partial charge in [-0.15, -0.1) is 0 Å². The van der Waals surface area contributed by atoms with Gasteiger partial charge in [-0.2, -0.15) is 5.26 Å². The third-order valence-corrected chi connectivity index (χ3v) is 4.41. The molecule has 3 saturated heterocycles. The van der Waals surface area contributed by atoms with E-state index >= 15 is 0 Å². The van der Waals surface area contributed by atoms with Crippen LogP contribution in [0.5, 0.6) is 0 Å². The van der Waals surface area contributed by atoms with Gasteiger partial charge >= 0.3 is 0 Å². The fourth-order valence-corrected chi connectivity index (χ4v) is 3.36. The van der Waals surface area contributed by atoms with Gasteiger partial charge in [-0.05, 0) is 30.4 Å². The van der Waals surface area contributed by atoms with E-state index in [1.54, 1.807) is 0 Å². The molecule has 1 aromatic rings. The molecule has 0 radical (unpaired) electrons. The van der Waals surface area contributed by atoms with Crippen molar-refractivity contribution in [1.82, 2.24) is 4.90 Å². The minimum absolute atomic E-state index is 0.187. The van der Waals surface area contributed by atoms with E-state index in [0.29, 0.717) is 0 Å². The molecule has 3 aliphatic heterocycles. The van der Waals surface area contributed by atoms with Gasteiger partial charge in [0.15, 0.2) is 0 Å². The summed E-state index contributed by atoms with van der Waals surface area (Å²) in [5.74, 6) is 0.229. The fourth-order valence-electron chi connectivity index (χ4n) is 3.36. The highest BCUT2D eigenvalue weighted by molar-refractivity contribution is 5.55. The summed E-state index contributed by atoms with van der Waals surface area (Å²) in [7, 11) is 0. The summed E-state index contributed by atoms with van der Waals surface area (Å²) < 4.78 is 0. The maximum absolute atomic E-state index is 11.0. The summed E-state index contributed by atoms with van der Waals surface area (Å²) in [4.78, 5) is 2.24. The second-order valence-corrected chi connectivity index (χ2v) is 5.46. The second kappa shape index (κ2) is 4.71. The van der Waals surface area contributed by atoms with E-state index in [0.717, 1.165) is 37.2 Å². The lowest BCUT2D eigenvalue weighted by Gasteiger charge is -2.52. The van der Waals surface area contributed by atoms with E-state index < -0.39 is 5.60 Å². The third-order valence-electron chi connectivity index (χ3n) is 4.41. The molecule has 3 heteroatoms. The van der Waals surface area contributed by atoms with Gasteiger partial charge in [0.2, 0.25) is 0 Å². The Balaban J connectivity index is 2.02. The smallest absolute Gasteiger partial charge is 0.120 e. The molecule has 0 aliphatic carbocycles. The van der Waals surface area contributed by atoms with Crippen molar-refractivity contribution in [3.05, 3.63) is 41.6 Å². The zero-order valence-corrected chi connectivity index (χ0v) is 10.9. The number of nitrogens with zero attached hydrogens (tertiary/aromatic N) is 2. The van der Waals surface area contributed by atoms with E-state index in [4.69, 9.17) is 5.26 Å². The van der Waals surface area contributed by atoms with E-state index in [9.17, 15) is 5.11 Å². The van der Waals surface area contributed by atoms with Crippen molar-refractivity contribution >= 4 is 6.08 Å². The first kappa shape index (κ1) is 12.3. The number of hydrogen-bond acceptors (Lipinski definition) is 3. The maximum Gasteiger partial charge on any atom is 0.120 e. The molecule has 0 aromatic heterocycles. The molecule has 0 spiro atoms. The van der Waals surface area contributed by atoms with Crippen molar-refractivity contribution in [2.24, 2.45) is 5.92 Å². The van der Waals surface area contributed by atoms with Gasteiger partial charge in [-0.25, -0.2) is 0 Å². The van der Waals surface area contributed by atoms with Gasteiger partial charge in [0.05, 0.1) is 12.5 Å². The van der Waals surface area contributed by atoms with E-state index in [-0.39, 0.29) is 12.3 Å². The zero-order chi connectivity index (χ0) is 13.3. The summed E-state index contributed by atoms with van der Waals surface area (Å²) in [6.45, 7) is 1.99. The molecule has 3 aliphatic rings. The lowest BCUT2D eigenvalue weighted by molar-refractivity contribution is -0.0662. The number of benzene rings is 1. The molecule has 98 valence electrons. The molecule has 4 rings (SSSR count). The molecule has 1 atom stereocenters. The van der Waals surface area contributed by atoms with Crippen LogP contribution in [-0.4, -0.2) is 28.7 Å². The Hall–Kier alpha value is -1.79. The predicted molar refractivity (Wildman–Crippen MR) is 73.9 cm³/mol. The van der Waals surface area contributed by atoms with Crippen molar-refractivity contribution in [2.45, 2.75) is 24.9 Å². The third kappa shape index (κ3) is 2.02. The van der Waals surface area contributed by atoms with Crippen LogP contribution in [0.2, 0.25) is 0 Å². The molecule has 3 heterocycles. The molecule has 3 fully saturated rings. The van der Waals surface area contributed by atoms with Crippen LogP contribution in [-0.2, 0) is 0 Å². The van der Waals surface area contributed by atoms with Gasteiger partial charge in [0, 0.05) is 18.8 Å². The molecule has 1 aromatic carbocycles. The van der Waals surface area contributed by atoms with Gasteiger partial charge in [-0.1, -0.05) is 30.3 Å². The van der Waals surface area contributed by atoms with Gasteiger partial charge in [0.1, 0.15) is 5.60 Å². The molecule has 0 amide bonds. The van der Waals surface area contributed by atoms with E-state index in [1.165, 1.54) is 0 Å². The number of aliphatic hydroxyl groups is 1. The molecule has 2 bridgehead atoms. The summed E-state index contributed by atoms with van der Waals surface area (Å²) in [6.07, 6.45) is 4.21. The number of fused-ring (bicyclic) bond motifs is 3. The minimum atomic E-state index is -0.957. The number of rotatable bonds is 2. The Bertz CT molecular complexity index is 523. The van der Waals surface area contributed by atoms with Crippen LogP contribution in [0.3, 0.4) is 0 Å². The van der Waals surface area contributed by atoms with Crippen molar-refractivity contribution < 1.29 is 5.11 Å². The Kier molecular flexibility index (Phi) is 3.04. The highest BCUT2D eigenvalue weighted by Crippen LogP contribution is 2.45. The fraction of sp³-hybridized carbons (Fsp3) is 0.438. The topological polar surface area (TPSA) is 47.3 Å². The van der Waals surface area contributed by atoms with Crippen LogP contribution in [0.15, 0.2) is 36.0 Å². The van der Waals surface area contributed by atoms with Crippen LogP contribution < -0.4 is 0 Å². The minimum Gasteiger partial charge on any atom is -0.382 e. The predicted octanol–water partition coefficient (Wildman–Crippen LogP) is 2.40. The maximum atomic E-state index is 11.0. The van der Waals surface area contributed by atoms with Crippen molar-refractivity contribution in [1.29, 1.82) is 5.26 Å². The van der Waals surface area contributed by atoms with Gasteiger partial charge in [-0.3, -0.25) is 0 Å². The van der Waals surface area contributed by atoms with Crippen molar-refractivity contribution in [3.8, 4) is 6.07 Å². The van der Waals surface area contributed by atoms with Crippen molar-refractivity contribution in [2.75, 3.05) is 13.1 Å².